The lowest BCUT2D eigenvalue weighted by molar-refractivity contribution is -0.0667. The van der Waals surface area contributed by atoms with Crippen molar-refractivity contribution in [2.45, 2.75) is 32.4 Å². The highest BCUT2D eigenvalue weighted by atomic mass is 16.5. The lowest BCUT2D eigenvalue weighted by atomic mass is 10.0. The molecule has 0 saturated carbocycles. The second-order valence-electron chi connectivity index (χ2n) is 4.96. The number of morpholine rings is 1. The van der Waals surface area contributed by atoms with Gasteiger partial charge in [0.25, 0.3) is 5.91 Å². The number of benzene rings is 1. The number of carbonyl (C=O) groups excluding carboxylic acids is 1. The van der Waals surface area contributed by atoms with Crippen molar-refractivity contribution in [2.24, 2.45) is 0 Å². The monoisotopic (exact) mass is 263 g/mol. The molecule has 0 spiro atoms. The maximum atomic E-state index is 12.6. The Morgan fingerprint density at radius 2 is 2.21 bits per heavy atom. The van der Waals surface area contributed by atoms with E-state index in [1.165, 1.54) is 0 Å². The second-order valence-corrected chi connectivity index (χ2v) is 4.96. The molecule has 1 aromatic rings. The third-order valence-electron chi connectivity index (χ3n) is 3.60. The van der Waals surface area contributed by atoms with E-state index in [1.807, 2.05) is 38.1 Å². The van der Waals surface area contributed by atoms with Crippen molar-refractivity contribution in [1.82, 2.24) is 4.90 Å². The van der Waals surface area contributed by atoms with E-state index in [4.69, 9.17) is 4.74 Å². The number of carbonyl (C=O) groups is 1. The smallest absolute Gasteiger partial charge is 0.254 e. The van der Waals surface area contributed by atoms with E-state index in [1.54, 1.807) is 4.90 Å². The van der Waals surface area contributed by atoms with Crippen LogP contribution in [0.1, 0.15) is 29.8 Å². The summed E-state index contributed by atoms with van der Waals surface area (Å²) in [4.78, 5) is 14.4. The molecule has 1 aliphatic rings. The van der Waals surface area contributed by atoms with Crippen LogP contribution in [-0.4, -0.2) is 47.8 Å². The first kappa shape index (κ1) is 14.0. The highest BCUT2D eigenvalue weighted by Crippen LogP contribution is 2.18. The summed E-state index contributed by atoms with van der Waals surface area (Å²) in [5.74, 6) is 0.0340. The lowest BCUT2D eigenvalue weighted by Crippen LogP contribution is -2.52. The second kappa shape index (κ2) is 6.17. The average Bonchev–Trinajstić information content (AvgIpc) is 2.47. The number of hydrogen-bond acceptors (Lipinski definition) is 3. The standard InChI is InChI=1S/C15H21NO3/c1-3-12-6-4-5-7-14(12)15(18)16-8-13(9-17)19-10-11(16)2/h4-7,11,13,17H,3,8-10H2,1-2H3. The molecule has 0 aliphatic carbocycles. The van der Waals surface area contributed by atoms with Crippen molar-refractivity contribution in [3.63, 3.8) is 0 Å². The van der Waals surface area contributed by atoms with Crippen molar-refractivity contribution in [2.75, 3.05) is 19.8 Å². The summed E-state index contributed by atoms with van der Waals surface area (Å²) in [5.41, 5.74) is 1.82. The molecule has 1 amide bonds. The Morgan fingerprint density at radius 1 is 1.47 bits per heavy atom. The van der Waals surface area contributed by atoms with Gasteiger partial charge in [0, 0.05) is 12.1 Å². The topological polar surface area (TPSA) is 49.8 Å². The highest BCUT2D eigenvalue weighted by Gasteiger charge is 2.30. The maximum Gasteiger partial charge on any atom is 0.254 e. The summed E-state index contributed by atoms with van der Waals surface area (Å²) < 4.78 is 5.47. The van der Waals surface area contributed by atoms with E-state index < -0.39 is 0 Å². The molecule has 2 unspecified atom stereocenters. The van der Waals surface area contributed by atoms with Crippen LogP contribution in [0, 0.1) is 0 Å². The number of ether oxygens (including phenoxy) is 1. The van der Waals surface area contributed by atoms with Gasteiger partial charge in [-0.25, -0.2) is 0 Å². The van der Waals surface area contributed by atoms with Gasteiger partial charge in [0.05, 0.1) is 25.4 Å². The van der Waals surface area contributed by atoms with Gasteiger partial charge >= 0.3 is 0 Å². The fourth-order valence-electron chi connectivity index (χ4n) is 2.40. The number of aliphatic hydroxyl groups is 1. The van der Waals surface area contributed by atoms with Gasteiger partial charge in [-0.2, -0.15) is 0 Å². The molecule has 104 valence electrons. The predicted octanol–water partition coefficient (Wildman–Crippen LogP) is 1.47. The van der Waals surface area contributed by atoms with Crippen LogP contribution < -0.4 is 0 Å². The first-order chi connectivity index (χ1) is 9.17. The molecular weight excluding hydrogens is 242 g/mol. The van der Waals surface area contributed by atoms with Gasteiger partial charge in [0.1, 0.15) is 0 Å². The molecule has 2 rings (SSSR count). The van der Waals surface area contributed by atoms with Gasteiger partial charge in [-0.1, -0.05) is 25.1 Å². The molecule has 1 saturated heterocycles. The molecule has 1 heterocycles. The van der Waals surface area contributed by atoms with Crippen LogP contribution in [-0.2, 0) is 11.2 Å². The molecule has 1 aromatic carbocycles. The minimum Gasteiger partial charge on any atom is -0.394 e. The molecule has 1 N–H and O–H groups in total. The van der Waals surface area contributed by atoms with E-state index in [0.29, 0.717) is 13.2 Å². The van der Waals surface area contributed by atoms with Crippen LogP contribution in [0.2, 0.25) is 0 Å². The molecule has 1 aliphatic heterocycles. The van der Waals surface area contributed by atoms with Crippen molar-refractivity contribution in [3.05, 3.63) is 35.4 Å². The first-order valence-corrected chi connectivity index (χ1v) is 6.78. The third-order valence-corrected chi connectivity index (χ3v) is 3.60. The van der Waals surface area contributed by atoms with Crippen LogP contribution in [0.25, 0.3) is 0 Å². The third kappa shape index (κ3) is 2.96. The van der Waals surface area contributed by atoms with Crippen LogP contribution in [0.5, 0.6) is 0 Å². The molecular formula is C15H21NO3. The van der Waals surface area contributed by atoms with Gasteiger partial charge < -0.3 is 14.7 Å². The summed E-state index contributed by atoms with van der Waals surface area (Å²) in [6, 6.07) is 7.75. The SMILES string of the molecule is CCc1ccccc1C(=O)N1CC(CO)OCC1C. The van der Waals surface area contributed by atoms with E-state index >= 15 is 0 Å². The number of rotatable bonds is 3. The largest absolute Gasteiger partial charge is 0.394 e. The lowest BCUT2D eigenvalue weighted by Gasteiger charge is -2.37. The van der Waals surface area contributed by atoms with E-state index in [2.05, 4.69) is 0 Å². The maximum absolute atomic E-state index is 12.6. The van der Waals surface area contributed by atoms with Crippen molar-refractivity contribution in [3.8, 4) is 0 Å². The summed E-state index contributed by atoms with van der Waals surface area (Å²) in [7, 11) is 0. The van der Waals surface area contributed by atoms with Crippen LogP contribution in [0.3, 0.4) is 0 Å². The fourth-order valence-corrected chi connectivity index (χ4v) is 2.40. The zero-order valence-corrected chi connectivity index (χ0v) is 11.5. The quantitative estimate of drug-likeness (QED) is 0.898. The van der Waals surface area contributed by atoms with Crippen LogP contribution >= 0.6 is 0 Å². The zero-order valence-electron chi connectivity index (χ0n) is 11.5. The molecule has 4 heteroatoms. The molecule has 0 aromatic heterocycles. The number of hydrogen-bond donors (Lipinski definition) is 1. The first-order valence-electron chi connectivity index (χ1n) is 6.78. The Kier molecular flexibility index (Phi) is 4.56. The highest BCUT2D eigenvalue weighted by molar-refractivity contribution is 5.96. The van der Waals surface area contributed by atoms with Gasteiger partial charge in [0.2, 0.25) is 0 Å². The fraction of sp³-hybridized carbons (Fsp3) is 0.533. The summed E-state index contributed by atoms with van der Waals surface area (Å²) in [6.07, 6.45) is 0.568. The van der Waals surface area contributed by atoms with Gasteiger partial charge in [0.15, 0.2) is 0 Å². The van der Waals surface area contributed by atoms with E-state index in [-0.39, 0.29) is 24.7 Å². The van der Waals surface area contributed by atoms with E-state index in [9.17, 15) is 9.90 Å². The van der Waals surface area contributed by atoms with Gasteiger partial charge in [-0.3, -0.25) is 4.79 Å². The Labute approximate surface area is 114 Å². The minimum atomic E-state index is -0.270. The van der Waals surface area contributed by atoms with Crippen LogP contribution in [0.4, 0.5) is 0 Å². The normalized spacial score (nSPS) is 23.4. The average molecular weight is 263 g/mol. The Bertz CT molecular complexity index is 447. The molecule has 1 fully saturated rings. The molecule has 0 radical (unpaired) electrons. The number of nitrogens with zero attached hydrogens (tertiary/aromatic N) is 1. The summed E-state index contributed by atoms with van der Waals surface area (Å²) >= 11 is 0. The minimum absolute atomic E-state index is 0.0340. The zero-order chi connectivity index (χ0) is 13.8. The van der Waals surface area contributed by atoms with Gasteiger partial charge in [-0.05, 0) is 25.0 Å². The molecule has 4 nitrogen and oxygen atoms in total. The van der Waals surface area contributed by atoms with E-state index in [0.717, 1.165) is 17.5 Å². The number of aryl methyl sites for hydroxylation is 1. The molecule has 19 heavy (non-hydrogen) atoms. The Hall–Kier alpha value is -1.39. The van der Waals surface area contributed by atoms with Crippen molar-refractivity contribution >= 4 is 5.91 Å². The van der Waals surface area contributed by atoms with Crippen LogP contribution in [0.15, 0.2) is 24.3 Å². The predicted molar refractivity (Wildman–Crippen MR) is 73.1 cm³/mol. The molecule has 2 atom stereocenters. The summed E-state index contributed by atoms with van der Waals surface area (Å²) in [5, 5.41) is 9.19. The van der Waals surface area contributed by atoms with Crippen molar-refractivity contribution < 1.29 is 14.6 Å². The Balaban J connectivity index is 2.22. The molecule has 0 bridgehead atoms. The van der Waals surface area contributed by atoms with Gasteiger partial charge in [-0.15, -0.1) is 0 Å². The van der Waals surface area contributed by atoms with Crippen molar-refractivity contribution in [1.29, 1.82) is 0 Å². The number of amides is 1. The Morgan fingerprint density at radius 3 is 2.89 bits per heavy atom. The number of aliphatic hydroxyl groups excluding tert-OH is 1. The summed E-state index contributed by atoms with van der Waals surface area (Å²) in [6.45, 7) is 4.90.